The third-order valence-corrected chi connectivity index (χ3v) is 7.12. The Hall–Kier alpha value is -1.77. The standard InChI is InChI=1S/C24H30O5S3/c1-15-13-21(17(3)11-19(15)23(25)27-7-9-30-5)32-22-14-16(2)20(12-18(22)4)29-24(26)28-8-10-31-6/h11-14H,7-10H2,1-6H3. The summed E-state index contributed by atoms with van der Waals surface area (Å²) in [5.41, 5.74) is 4.33. The van der Waals surface area contributed by atoms with Crippen LogP contribution in [0.25, 0.3) is 0 Å². The van der Waals surface area contributed by atoms with Gasteiger partial charge in [-0.2, -0.15) is 23.5 Å². The molecule has 0 N–H and O–H groups in total. The molecule has 2 aromatic carbocycles. The number of carbonyl (C=O) groups excluding carboxylic acids is 2. The lowest BCUT2D eigenvalue weighted by atomic mass is 10.1. The van der Waals surface area contributed by atoms with Gasteiger partial charge in [0.25, 0.3) is 0 Å². The van der Waals surface area contributed by atoms with E-state index >= 15 is 0 Å². The first kappa shape index (κ1) is 26.5. The molecule has 0 amide bonds. The molecule has 0 aliphatic heterocycles. The van der Waals surface area contributed by atoms with Crippen molar-refractivity contribution in [1.29, 1.82) is 0 Å². The summed E-state index contributed by atoms with van der Waals surface area (Å²) < 4.78 is 15.8. The lowest BCUT2D eigenvalue weighted by Gasteiger charge is -2.15. The minimum absolute atomic E-state index is 0.283. The molecular formula is C24H30O5S3. The maximum absolute atomic E-state index is 12.4. The first-order chi connectivity index (χ1) is 15.3. The predicted molar refractivity (Wildman–Crippen MR) is 135 cm³/mol. The van der Waals surface area contributed by atoms with E-state index in [1.807, 2.05) is 64.5 Å². The number of hydrogen-bond donors (Lipinski definition) is 0. The van der Waals surface area contributed by atoms with Crippen molar-refractivity contribution in [2.45, 2.75) is 37.5 Å². The van der Waals surface area contributed by atoms with Crippen LogP contribution in [0.3, 0.4) is 0 Å². The predicted octanol–water partition coefficient (Wildman–Crippen LogP) is 6.47. The van der Waals surface area contributed by atoms with Crippen LogP contribution in [0.2, 0.25) is 0 Å². The van der Waals surface area contributed by atoms with Crippen molar-refractivity contribution in [3.05, 3.63) is 52.1 Å². The molecule has 32 heavy (non-hydrogen) atoms. The van der Waals surface area contributed by atoms with Crippen LogP contribution in [-0.2, 0) is 9.47 Å². The normalized spacial score (nSPS) is 10.7. The van der Waals surface area contributed by atoms with Gasteiger partial charge in [0.05, 0.1) is 5.56 Å². The van der Waals surface area contributed by atoms with Crippen LogP contribution in [0.4, 0.5) is 4.79 Å². The Bertz CT molecular complexity index is 959. The van der Waals surface area contributed by atoms with Crippen molar-refractivity contribution in [2.24, 2.45) is 0 Å². The lowest BCUT2D eigenvalue weighted by Crippen LogP contribution is -2.13. The van der Waals surface area contributed by atoms with Crippen molar-refractivity contribution in [3.63, 3.8) is 0 Å². The fourth-order valence-corrected chi connectivity index (χ4v) is 4.49. The maximum Gasteiger partial charge on any atom is 0.513 e. The summed E-state index contributed by atoms with van der Waals surface area (Å²) in [5, 5.41) is 0. The van der Waals surface area contributed by atoms with Crippen molar-refractivity contribution in [1.82, 2.24) is 0 Å². The first-order valence-electron chi connectivity index (χ1n) is 10.2. The second kappa shape index (κ2) is 13.1. The van der Waals surface area contributed by atoms with E-state index in [2.05, 4.69) is 0 Å². The van der Waals surface area contributed by atoms with Crippen molar-refractivity contribution in [3.8, 4) is 5.75 Å². The Kier molecular flexibility index (Phi) is 10.8. The maximum atomic E-state index is 12.4. The van der Waals surface area contributed by atoms with Crippen LogP contribution in [0, 0.1) is 27.7 Å². The highest BCUT2D eigenvalue weighted by Gasteiger charge is 2.16. The number of esters is 1. The summed E-state index contributed by atoms with van der Waals surface area (Å²) in [4.78, 5) is 26.4. The summed E-state index contributed by atoms with van der Waals surface area (Å²) >= 11 is 4.88. The Morgan fingerprint density at radius 1 is 0.750 bits per heavy atom. The second-order valence-electron chi connectivity index (χ2n) is 7.24. The zero-order chi connectivity index (χ0) is 23.7. The molecule has 0 heterocycles. The lowest BCUT2D eigenvalue weighted by molar-refractivity contribution is 0.0529. The van der Waals surface area contributed by atoms with E-state index in [0.717, 1.165) is 43.6 Å². The molecule has 0 saturated heterocycles. The van der Waals surface area contributed by atoms with E-state index < -0.39 is 6.16 Å². The molecule has 174 valence electrons. The van der Waals surface area contributed by atoms with Gasteiger partial charge in [-0.05, 0) is 86.7 Å². The van der Waals surface area contributed by atoms with Gasteiger partial charge in [0.1, 0.15) is 19.0 Å². The van der Waals surface area contributed by atoms with Crippen molar-refractivity contribution >= 4 is 47.4 Å². The van der Waals surface area contributed by atoms with E-state index in [4.69, 9.17) is 14.2 Å². The highest BCUT2D eigenvalue weighted by Crippen LogP contribution is 2.37. The van der Waals surface area contributed by atoms with Gasteiger partial charge in [0, 0.05) is 21.3 Å². The average Bonchev–Trinajstić information content (AvgIpc) is 2.74. The SMILES string of the molecule is CSCCOC(=O)Oc1cc(C)c(Sc2cc(C)c(C(=O)OCCSC)cc2C)cc1C. The molecule has 0 unspecified atom stereocenters. The fourth-order valence-electron chi connectivity index (χ4n) is 2.84. The molecule has 0 aromatic heterocycles. The molecule has 0 bridgehead atoms. The van der Waals surface area contributed by atoms with E-state index in [1.165, 1.54) is 0 Å². The molecule has 0 atom stereocenters. The first-order valence-corrected chi connectivity index (χ1v) is 13.8. The number of aryl methyl sites for hydroxylation is 4. The molecule has 0 aliphatic carbocycles. The number of benzene rings is 2. The minimum atomic E-state index is -0.687. The van der Waals surface area contributed by atoms with Crippen molar-refractivity contribution in [2.75, 3.05) is 37.2 Å². The van der Waals surface area contributed by atoms with Crippen molar-refractivity contribution < 1.29 is 23.8 Å². The molecule has 0 saturated carbocycles. The number of rotatable bonds is 10. The topological polar surface area (TPSA) is 61.8 Å². The zero-order valence-electron chi connectivity index (χ0n) is 19.4. The zero-order valence-corrected chi connectivity index (χ0v) is 21.9. The van der Waals surface area contributed by atoms with E-state index in [0.29, 0.717) is 24.5 Å². The number of ether oxygens (including phenoxy) is 3. The molecule has 0 spiro atoms. The van der Waals surface area contributed by atoms with Gasteiger partial charge in [-0.25, -0.2) is 9.59 Å². The molecular weight excluding hydrogens is 464 g/mol. The van der Waals surface area contributed by atoms with Gasteiger partial charge < -0.3 is 14.2 Å². The number of hydrogen-bond acceptors (Lipinski definition) is 8. The molecule has 2 rings (SSSR count). The quantitative estimate of drug-likeness (QED) is 0.212. The monoisotopic (exact) mass is 494 g/mol. The molecule has 5 nitrogen and oxygen atoms in total. The largest absolute Gasteiger partial charge is 0.513 e. The Morgan fingerprint density at radius 2 is 1.31 bits per heavy atom. The summed E-state index contributed by atoms with van der Waals surface area (Å²) in [5.74, 6) is 1.73. The smallest absolute Gasteiger partial charge is 0.461 e. The van der Waals surface area contributed by atoms with Gasteiger partial charge in [-0.15, -0.1) is 0 Å². The van der Waals surface area contributed by atoms with Crippen LogP contribution in [0.5, 0.6) is 5.75 Å². The van der Waals surface area contributed by atoms with Crippen LogP contribution < -0.4 is 4.74 Å². The van der Waals surface area contributed by atoms with Gasteiger partial charge in [-0.1, -0.05) is 11.8 Å². The fraction of sp³-hybridized carbons (Fsp3) is 0.417. The summed E-state index contributed by atoms with van der Waals surface area (Å²) in [7, 11) is 0. The molecule has 2 aromatic rings. The number of thioether (sulfide) groups is 2. The molecule has 8 heteroatoms. The summed E-state index contributed by atoms with van der Waals surface area (Å²) in [6.07, 6.45) is 3.25. The molecule has 0 radical (unpaired) electrons. The third kappa shape index (κ3) is 7.67. The highest BCUT2D eigenvalue weighted by atomic mass is 32.2. The van der Waals surface area contributed by atoms with Crippen LogP contribution >= 0.6 is 35.3 Å². The van der Waals surface area contributed by atoms with Crippen LogP contribution in [0.15, 0.2) is 34.1 Å². The average molecular weight is 495 g/mol. The summed E-state index contributed by atoms with van der Waals surface area (Å²) in [6.45, 7) is 8.53. The second-order valence-corrected chi connectivity index (χ2v) is 10.3. The Balaban J connectivity index is 2.15. The molecule has 0 aliphatic rings. The Morgan fingerprint density at radius 3 is 1.94 bits per heavy atom. The van der Waals surface area contributed by atoms with Gasteiger partial charge in [-0.3, -0.25) is 0 Å². The summed E-state index contributed by atoms with van der Waals surface area (Å²) in [6, 6.07) is 7.77. The van der Waals surface area contributed by atoms with E-state index in [1.54, 1.807) is 35.3 Å². The highest BCUT2D eigenvalue weighted by molar-refractivity contribution is 7.99. The minimum Gasteiger partial charge on any atom is -0.461 e. The van der Waals surface area contributed by atoms with Gasteiger partial charge in [0.15, 0.2) is 0 Å². The van der Waals surface area contributed by atoms with Gasteiger partial charge >= 0.3 is 12.1 Å². The number of carbonyl (C=O) groups is 2. The third-order valence-electron chi connectivity index (χ3n) is 4.66. The van der Waals surface area contributed by atoms with E-state index in [-0.39, 0.29) is 5.97 Å². The van der Waals surface area contributed by atoms with Crippen LogP contribution in [0.1, 0.15) is 32.6 Å². The van der Waals surface area contributed by atoms with Crippen LogP contribution in [-0.4, -0.2) is 49.4 Å². The Labute approximate surface area is 203 Å². The van der Waals surface area contributed by atoms with E-state index in [9.17, 15) is 9.59 Å². The molecule has 0 fully saturated rings. The van der Waals surface area contributed by atoms with Gasteiger partial charge in [0.2, 0.25) is 0 Å².